The molecule has 0 spiro atoms. The lowest BCUT2D eigenvalue weighted by molar-refractivity contribution is -0.151. The minimum Gasteiger partial charge on any atom is -0.464 e. The summed E-state index contributed by atoms with van der Waals surface area (Å²) in [5.41, 5.74) is 0. The van der Waals surface area contributed by atoms with Gasteiger partial charge in [-0.1, -0.05) is 0 Å². The van der Waals surface area contributed by atoms with Gasteiger partial charge < -0.3 is 14.6 Å². The zero-order chi connectivity index (χ0) is 9.97. The molecule has 4 heteroatoms. The molecule has 14 heavy (non-hydrogen) atoms. The van der Waals surface area contributed by atoms with Crippen molar-refractivity contribution in [3.8, 4) is 0 Å². The van der Waals surface area contributed by atoms with Crippen molar-refractivity contribution < 1.29 is 19.4 Å². The number of carbonyl (C=O) groups is 1. The van der Waals surface area contributed by atoms with E-state index in [2.05, 4.69) is 0 Å². The first kappa shape index (κ1) is 9.93. The third-order valence-electron chi connectivity index (χ3n) is 2.89. The molecule has 0 aromatic carbocycles. The molecule has 2 rings (SSSR count). The minimum atomic E-state index is -0.352. The van der Waals surface area contributed by atoms with Crippen LogP contribution in [0.5, 0.6) is 0 Å². The maximum atomic E-state index is 11.1. The zero-order valence-corrected chi connectivity index (χ0v) is 8.15. The predicted octanol–water partition coefficient (Wildman–Crippen LogP) is 0.622. The standard InChI is InChI=1S/C10H16O4/c11-7-1-3-8(4-2-7)14-9-5-6-13-10(9)12/h7-9,11H,1-6H2. The van der Waals surface area contributed by atoms with Gasteiger partial charge in [0.05, 0.1) is 18.8 Å². The molecule has 80 valence electrons. The van der Waals surface area contributed by atoms with E-state index in [0.717, 1.165) is 25.7 Å². The maximum absolute atomic E-state index is 11.1. The Kier molecular flexibility index (Phi) is 3.03. The van der Waals surface area contributed by atoms with Crippen LogP contribution in [0.4, 0.5) is 0 Å². The van der Waals surface area contributed by atoms with Gasteiger partial charge >= 0.3 is 5.97 Å². The SMILES string of the molecule is O=C1OCCC1OC1CCC(O)CC1. The summed E-state index contributed by atoms with van der Waals surface area (Å²) in [7, 11) is 0. The molecule has 1 unspecified atom stereocenters. The van der Waals surface area contributed by atoms with Crippen LogP contribution in [0.3, 0.4) is 0 Å². The Morgan fingerprint density at radius 2 is 1.93 bits per heavy atom. The van der Waals surface area contributed by atoms with Crippen LogP contribution in [-0.2, 0) is 14.3 Å². The third-order valence-corrected chi connectivity index (χ3v) is 2.89. The van der Waals surface area contributed by atoms with E-state index in [9.17, 15) is 9.90 Å². The monoisotopic (exact) mass is 200 g/mol. The smallest absolute Gasteiger partial charge is 0.335 e. The van der Waals surface area contributed by atoms with Gasteiger partial charge in [0.2, 0.25) is 0 Å². The number of hydrogen-bond donors (Lipinski definition) is 1. The van der Waals surface area contributed by atoms with Gasteiger partial charge in [-0.3, -0.25) is 0 Å². The van der Waals surface area contributed by atoms with Gasteiger partial charge in [-0.2, -0.15) is 0 Å². The van der Waals surface area contributed by atoms with Crippen LogP contribution in [-0.4, -0.2) is 36.0 Å². The lowest BCUT2D eigenvalue weighted by Crippen LogP contribution is -2.30. The minimum absolute atomic E-state index is 0.133. The van der Waals surface area contributed by atoms with Crippen molar-refractivity contribution in [1.29, 1.82) is 0 Å². The van der Waals surface area contributed by atoms with Gasteiger partial charge in [0.15, 0.2) is 6.10 Å². The molecule has 0 amide bonds. The van der Waals surface area contributed by atoms with E-state index >= 15 is 0 Å². The Balaban J connectivity index is 1.77. The molecule has 0 aromatic heterocycles. The summed E-state index contributed by atoms with van der Waals surface area (Å²) >= 11 is 0. The molecule has 1 N–H and O–H groups in total. The van der Waals surface area contributed by atoms with Gasteiger partial charge in [0.25, 0.3) is 0 Å². The molecule has 1 atom stereocenters. The predicted molar refractivity (Wildman–Crippen MR) is 48.7 cm³/mol. The molecule has 0 radical (unpaired) electrons. The summed E-state index contributed by atoms with van der Waals surface area (Å²) in [5.74, 6) is -0.226. The third kappa shape index (κ3) is 2.25. The van der Waals surface area contributed by atoms with Crippen molar-refractivity contribution in [2.24, 2.45) is 0 Å². The summed E-state index contributed by atoms with van der Waals surface area (Å²) in [4.78, 5) is 11.1. The molecule has 2 fully saturated rings. The van der Waals surface area contributed by atoms with Gasteiger partial charge in [0, 0.05) is 6.42 Å². The van der Waals surface area contributed by atoms with Crippen LogP contribution in [0, 0.1) is 0 Å². The Morgan fingerprint density at radius 1 is 1.21 bits per heavy atom. The van der Waals surface area contributed by atoms with Crippen LogP contribution < -0.4 is 0 Å². The molecular formula is C10H16O4. The highest BCUT2D eigenvalue weighted by molar-refractivity contribution is 5.76. The number of esters is 1. The van der Waals surface area contributed by atoms with Crippen molar-refractivity contribution in [3.63, 3.8) is 0 Å². The quantitative estimate of drug-likeness (QED) is 0.664. The van der Waals surface area contributed by atoms with Crippen molar-refractivity contribution in [1.82, 2.24) is 0 Å². The van der Waals surface area contributed by atoms with Gasteiger partial charge in [-0.25, -0.2) is 4.79 Å². The van der Waals surface area contributed by atoms with E-state index < -0.39 is 0 Å². The molecule has 0 bridgehead atoms. The van der Waals surface area contributed by atoms with Crippen molar-refractivity contribution in [3.05, 3.63) is 0 Å². The van der Waals surface area contributed by atoms with Crippen molar-refractivity contribution in [2.75, 3.05) is 6.61 Å². The molecule has 4 nitrogen and oxygen atoms in total. The lowest BCUT2D eigenvalue weighted by Gasteiger charge is -2.26. The topological polar surface area (TPSA) is 55.8 Å². The number of carbonyl (C=O) groups excluding carboxylic acids is 1. The molecule has 1 heterocycles. The Morgan fingerprint density at radius 3 is 2.50 bits per heavy atom. The lowest BCUT2D eigenvalue weighted by atomic mass is 9.95. The highest BCUT2D eigenvalue weighted by Gasteiger charge is 2.31. The van der Waals surface area contributed by atoms with Gasteiger partial charge in [0.1, 0.15) is 0 Å². The fourth-order valence-electron chi connectivity index (χ4n) is 2.01. The first-order valence-electron chi connectivity index (χ1n) is 5.26. The van der Waals surface area contributed by atoms with E-state index in [4.69, 9.17) is 9.47 Å². The number of aliphatic hydroxyl groups is 1. The largest absolute Gasteiger partial charge is 0.464 e. The summed E-state index contributed by atoms with van der Waals surface area (Å²) < 4.78 is 10.4. The zero-order valence-electron chi connectivity index (χ0n) is 8.15. The van der Waals surface area contributed by atoms with E-state index in [1.54, 1.807) is 0 Å². The molecular weight excluding hydrogens is 184 g/mol. The van der Waals surface area contributed by atoms with E-state index in [-0.39, 0.29) is 24.3 Å². The summed E-state index contributed by atoms with van der Waals surface area (Å²) in [6, 6.07) is 0. The number of rotatable bonds is 2. The van der Waals surface area contributed by atoms with Gasteiger partial charge in [-0.05, 0) is 25.7 Å². The molecule has 2 aliphatic rings. The highest BCUT2D eigenvalue weighted by Crippen LogP contribution is 2.24. The van der Waals surface area contributed by atoms with Crippen molar-refractivity contribution in [2.45, 2.75) is 50.4 Å². The van der Waals surface area contributed by atoms with Gasteiger partial charge in [-0.15, -0.1) is 0 Å². The Labute approximate surface area is 83.2 Å². The first-order chi connectivity index (χ1) is 6.75. The first-order valence-corrected chi connectivity index (χ1v) is 5.26. The second-order valence-corrected chi connectivity index (χ2v) is 4.01. The molecule has 1 saturated heterocycles. The average Bonchev–Trinajstić information content (AvgIpc) is 2.56. The molecule has 0 aromatic rings. The second-order valence-electron chi connectivity index (χ2n) is 4.01. The van der Waals surface area contributed by atoms with E-state index in [1.165, 1.54) is 0 Å². The van der Waals surface area contributed by atoms with Crippen molar-refractivity contribution >= 4 is 5.97 Å². The molecule has 1 aliphatic heterocycles. The maximum Gasteiger partial charge on any atom is 0.335 e. The van der Waals surface area contributed by atoms with Crippen LogP contribution in [0.1, 0.15) is 32.1 Å². The van der Waals surface area contributed by atoms with Crippen LogP contribution in [0.25, 0.3) is 0 Å². The van der Waals surface area contributed by atoms with Crippen LogP contribution in [0.15, 0.2) is 0 Å². The average molecular weight is 200 g/mol. The fraction of sp³-hybridized carbons (Fsp3) is 0.900. The number of ether oxygens (including phenoxy) is 2. The summed E-state index contributed by atoms with van der Waals surface area (Å²) in [6.45, 7) is 0.485. The fourth-order valence-corrected chi connectivity index (χ4v) is 2.01. The number of aliphatic hydroxyl groups excluding tert-OH is 1. The Hall–Kier alpha value is -0.610. The molecule has 1 aliphatic carbocycles. The van der Waals surface area contributed by atoms with Crippen LogP contribution in [0.2, 0.25) is 0 Å². The highest BCUT2D eigenvalue weighted by atomic mass is 16.6. The summed E-state index contributed by atoms with van der Waals surface area (Å²) in [5, 5.41) is 9.29. The van der Waals surface area contributed by atoms with E-state index in [0.29, 0.717) is 13.0 Å². The summed E-state index contributed by atoms with van der Waals surface area (Å²) in [6.07, 6.45) is 3.56. The Bertz CT molecular complexity index is 208. The number of hydrogen-bond acceptors (Lipinski definition) is 4. The second kappa shape index (κ2) is 4.28. The van der Waals surface area contributed by atoms with E-state index in [1.807, 2.05) is 0 Å². The van der Waals surface area contributed by atoms with Crippen LogP contribution >= 0.6 is 0 Å². The normalized spacial score (nSPS) is 38.4. The molecule has 1 saturated carbocycles. The number of cyclic esters (lactones) is 1.